The van der Waals surface area contributed by atoms with Crippen LogP contribution in [0, 0.1) is 0 Å². The van der Waals surface area contributed by atoms with E-state index in [1.807, 2.05) is 0 Å². The van der Waals surface area contributed by atoms with E-state index in [2.05, 4.69) is 4.74 Å². The van der Waals surface area contributed by atoms with Crippen molar-refractivity contribution in [3.05, 3.63) is 35.4 Å². The first-order valence-corrected chi connectivity index (χ1v) is 5.12. The molecule has 3 nitrogen and oxygen atoms in total. The molecule has 1 aromatic carbocycles. The summed E-state index contributed by atoms with van der Waals surface area (Å²) < 4.78 is 29.8. The topological polar surface area (TPSA) is 43.4 Å². The summed E-state index contributed by atoms with van der Waals surface area (Å²) in [7, 11) is 0. The highest BCUT2D eigenvalue weighted by molar-refractivity contribution is 6.06. The van der Waals surface area contributed by atoms with Gasteiger partial charge < -0.3 is 4.74 Å². The van der Waals surface area contributed by atoms with E-state index in [0.29, 0.717) is 0 Å². The SMILES string of the molecule is CCOC(=O)CC(=O)c1ccccc1C(F)F. The number of hydrogen-bond donors (Lipinski definition) is 0. The Hall–Kier alpha value is -1.78. The van der Waals surface area contributed by atoms with Crippen LogP contribution in [0.4, 0.5) is 8.78 Å². The van der Waals surface area contributed by atoms with Gasteiger partial charge >= 0.3 is 5.97 Å². The monoisotopic (exact) mass is 242 g/mol. The smallest absolute Gasteiger partial charge is 0.313 e. The van der Waals surface area contributed by atoms with Gasteiger partial charge in [-0.25, -0.2) is 8.78 Å². The third kappa shape index (κ3) is 3.62. The number of Topliss-reactive ketones (excluding diaryl/α,β-unsaturated/α-hetero) is 1. The molecule has 92 valence electrons. The van der Waals surface area contributed by atoms with Gasteiger partial charge in [-0.2, -0.15) is 0 Å². The number of carbonyl (C=O) groups excluding carboxylic acids is 2. The van der Waals surface area contributed by atoms with Crippen LogP contribution in [0.15, 0.2) is 24.3 Å². The van der Waals surface area contributed by atoms with Crippen LogP contribution < -0.4 is 0 Å². The lowest BCUT2D eigenvalue weighted by atomic mass is 10.0. The molecular weight excluding hydrogens is 230 g/mol. The molecule has 0 unspecified atom stereocenters. The van der Waals surface area contributed by atoms with Gasteiger partial charge in [0.1, 0.15) is 6.42 Å². The fourth-order valence-electron chi connectivity index (χ4n) is 1.38. The number of carbonyl (C=O) groups is 2. The maximum absolute atomic E-state index is 12.6. The Morgan fingerprint density at radius 2 is 1.94 bits per heavy atom. The largest absolute Gasteiger partial charge is 0.466 e. The van der Waals surface area contributed by atoms with E-state index in [-0.39, 0.29) is 17.7 Å². The zero-order valence-corrected chi connectivity index (χ0v) is 9.28. The Morgan fingerprint density at radius 3 is 2.53 bits per heavy atom. The minimum Gasteiger partial charge on any atom is -0.466 e. The first-order valence-electron chi connectivity index (χ1n) is 5.12. The van der Waals surface area contributed by atoms with Crippen molar-refractivity contribution in [1.29, 1.82) is 0 Å². The Balaban J connectivity index is 2.85. The van der Waals surface area contributed by atoms with E-state index in [0.717, 1.165) is 0 Å². The summed E-state index contributed by atoms with van der Waals surface area (Å²) in [5.41, 5.74) is -0.489. The summed E-state index contributed by atoms with van der Waals surface area (Å²) in [6.07, 6.45) is -3.25. The Morgan fingerprint density at radius 1 is 1.29 bits per heavy atom. The number of ether oxygens (including phenoxy) is 1. The van der Waals surface area contributed by atoms with Crippen molar-refractivity contribution < 1.29 is 23.1 Å². The minimum absolute atomic E-state index is 0.129. The molecule has 0 fully saturated rings. The maximum Gasteiger partial charge on any atom is 0.313 e. The highest BCUT2D eigenvalue weighted by Crippen LogP contribution is 2.23. The summed E-state index contributed by atoms with van der Waals surface area (Å²) in [5, 5.41) is 0. The summed E-state index contributed by atoms with van der Waals surface area (Å²) in [6.45, 7) is 1.76. The van der Waals surface area contributed by atoms with Gasteiger partial charge in [0, 0.05) is 11.1 Å². The van der Waals surface area contributed by atoms with Gasteiger partial charge in [0.15, 0.2) is 5.78 Å². The van der Waals surface area contributed by atoms with E-state index in [9.17, 15) is 18.4 Å². The van der Waals surface area contributed by atoms with Crippen molar-refractivity contribution >= 4 is 11.8 Å². The van der Waals surface area contributed by atoms with E-state index in [1.54, 1.807) is 6.92 Å². The number of ketones is 1. The molecule has 0 bridgehead atoms. The van der Waals surface area contributed by atoms with Crippen LogP contribution in [0.5, 0.6) is 0 Å². The van der Waals surface area contributed by atoms with Crippen LogP contribution in [0.25, 0.3) is 0 Å². The quantitative estimate of drug-likeness (QED) is 0.453. The molecule has 1 rings (SSSR count). The second-order valence-electron chi connectivity index (χ2n) is 3.29. The fraction of sp³-hybridized carbons (Fsp3) is 0.333. The van der Waals surface area contributed by atoms with Crippen LogP contribution >= 0.6 is 0 Å². The van der Waals surface area contributed by atoms with Gasteiger partial charge in [-0.1, -0.05) is 24.3 Å². The lowest BCUT2D eigenvalue weighted by Crippen LogP contribution is -2.13. The fourth-order valence-corrected chi connectivity index (χ4v) is 1.38. The molecule has 0 aromatic heterocycles. The first-order chi connectivity index (χ1) is 8.06. The molecule has 0 spiro atoms. The lowest BCUT2D eigenvalue weighted by Gasteiger charge is -2.07. The van der Waals surface area contributed by atoms with Crippen molar-refractivity contribution in [3.8, 4) is 0 Å². The normalized spacial score (nSPS) is 10.4. The van der Waals surface area contributed by atoms with E-state index in [4.69, 9.17) is 0 Å². The molecule has 0 aliphatic carbocycles. The van der Waals surface area contributed by atoms with Gasteiger partial charge in [-0.15, -0.1) is 0 Å². The highest BCUT2D eigenvalue weighted by atomic mass is 19.3. The molecule has 0 N–H and O–H groups in total. The van der Waals surface area contributed by atoms with E-state index >= 15 is 0 Å². The molecule has 0 aliphatic heterocycles. The number of alkyl halides is 2. The minimum atomic E-state index is -2.74. The molecule has 0 saturated carbocycles. The predicted molar refractivity (Wildman–Crippen MR) is 57.0 cm³/mol. The molecule has 0 aliphatic rings. The van der Waals surface area contributed by atoms with Gasteiger partial charge in [0.2, 0.25) is 0 Å². The summed E-state index contributed by atoms with van der Waals surface area (Å²) in [6, 6.07) is 5.35. The average molecular weight is 242 g/mol. The molecule has 17 heavy (non-hydrogen) atoms. The summed E-state index contributed by atoms with van der Waals surface area (Å²) in [5.74, 6) is -1.36. The van der Waals surface area contributed by atoms with Crippen molar-refractivity contribution in [2.75, 3.05) is 6.61 Å². The van der Waals surface area contributed by atoms with Crippen LogP contribution in [-0.4, -0.2) is 18.4 Å². The Bertz CT molecular complexity index is 416. The lowest BCUT2D eigenvalue weighted by molar-refractivity contribution is -0.141. The molecule has 0 radical (unpaired) electrons. The van der Waals surface area contributed by atoms with Gasteiger partial charge in [-0.05, 0) is 6.92 Å². The van der Waals surface area contributed by atoms with Gasteiger partial charge in [0.05, 0.1) is 6.61 Å². The van der Waals surface area contributed by atoms with Crippen LogP contribution in [-0.2, 0) is 9.53 Å². The number of rotatable bonds is 5. The molecule has 5 heteroatoms. The van der Waals surface area contributed by atoms with Gasteiger partial charge in [0.25, 0.3) is 6.43 Å². The predicted octanol–water partition coefficient (Wildman–Crippen LogP) is 2.76. The summed E-state index contributed by atoms with van der Waals surface area (Å²) in [4.78, 5) is 22.7. The van der Waals surface area contributed by atoms with E-state index < -0.39 is 24.6 Å². The highest BCUT2D eigenvalue weighted by Gasteiger charge is 2.19. The molecule has 0 amide bonds. The number of hydrogen-bond acceptors (Lipinski definition) is 3. The second kappa shape index (κ2) is 6.08. The summed E-state index contributed by atoms with van der Waals surface area (Å²) >= 11 is 0. The average Bonchev–Trinajstić information content (AvgIpc) is 2.29. The number of benzene rings is 1. The molecule has 0 heterocycles. The first kappa shape index (κ1) is 13.3. The van der Waals surface area contributed by atoms with Gasteiger partial charge in [-0.3, -0.25) is 9.59 Å². The molecular formula is C12H12F2O3. The third-order valence-electron chi connectivity index (χ3n) is 2.11. The van der Waals surface area contributed by atoms with Crippen molar-refractivity contribution in [1.82, 2.24) is 0 Å². The molecule has 0 saturated heterocycles. The Labute approximate surface area is 97.4 Å². The molecule has 1 aromatic rings. The number of esters is 1. The van der Waals surface area contributed by atoms with Crippen LogP contribution in [0.1, 0.15) is 35.7 Å². The third-order valence-corrected chi connectivity index (χ3v) is 2.11. The number of halogens is 2. The standard InChI is InChI=1S/C12H12F2O3/c1-2-17-11(16)7-10(15)8-5-3-4-6-9(8)12(13)14/h3-6,12H,2,7H2,1H3. The van der Waals surface area contributed by atoms with Crippen LogP contribution in [0.2, 0.25) is 0 Å². The second-order valence-corrected chi connectivity index (χ2v) is 3.29. The van der Waals surface area contributed by atoms with E-state index in [1.165, 1.54) is 24.3 Å². The van der Waals surface area contributed by atoms with Crippen molar-refractivity contribution in [2.45, 2.75) is 19.8 Å². The zero-order chi connectivity index (χ0) is 12.8. The van der Waals surface area contributed by atoms with Crippen molar-refractivity contribution in [3.63, 3.8) is 0 Å². The van der Waals surface area contributed by atoms with Crippen molar-refractivity contribution in [2.24, 2.45) is 0 Å². The molecule has 0 atom stereocenters. The zero-order valence-electron chi connectivity index (χ0n) is 9.28. The van der Waals surface area contributed by atoms with Crippen LogP contribution in [0.3, 0.4) is 0 Å². The maximum atomic E-state index is 12.6. The Kier molecular flexibility index (Phi) is 4.75.